The molecule has 0 atom stereocenters. The lowest BCUT2D eigenvalue weighted by Gasteiger charge is -2.30. The Morgan fingerprint density at radius 3 is 2.36 bits per heavy atom. The number of carboxylic acids is 1. The smallest absolute Gasteiger partial charge is 0.321 e. The molecule has 7 heteroatoms. The molecule has 1 fully saturated rings. The number of nitrogens with zero attached hydrogens (tertiary/aromatic N) is 1. The third kappa shape index (κ3) is 3.60. The summed E-state index contributed by atoms with van der Waals surface area (Å²) in [7, 11) is 3.07. The Morgan fingerprint density at radius 1 is 1.18 bits per heavy atom. The molecular formula is C15H20N2O5. The summed E-state index contributed by atoms with van der Waals surface area (Å²) in [5, 5.41) is 11.7. The molecule has 1 aromatic carbocycles. The van der Waals surface area contributed by atoms with Gasteiger partial charge in [0.2, 0.25) is 0 Å². The van der Waals surface area contributed by atoms with Crippen LogP contribution in [0.2, 0.25) is 0 Å². The van der Waals surface area contributed by atoms with Crippen LogP contribution in [0.25, 0.3) is 0 Å². The molecule has 0 bridgehead atoms. The van der Waals surface area contributed by atoms with E-state index in [-0.39, 0.29) is 11.9 Å². The summed E-state index contributed by atoms with van der Waals surface area (Å²) in [6, 6.07) is 4.88. The highest BCUT2D eigenvalue weighted by Gasteiger charge is 2.27. The van der Waals surface area contributed by atoms with Crippen molar-refractivity contribution in [2.75, 3.05) is 32.6 Å². The van der Waals surface area contributed by atoms with Crippen molar-refractivity contribution in [2.45, 2.75) is 12.8 Å². The summed E-state index contributed by atoms with van der Waals surface area (Å²) in [6.45, 7) is 0.881. The van der Waals surface area contributed by atoms with Crippen molar-refractivity contribution in [1.82, 2.24) is 4.90 Å². The number of carbonyl (C=O) groups excluding carboxylic acids is 1. The molecule has 7 nitrogen and oxygen atoms in total. The van der Waals surface area contributed by atoms with E-state index in [4.69, 9.17) is 14.6 Å². The number of carboxylic acid groups (broad SMARTS) is 1. The monoisotopic (exact) mass is 308 g/mol. The van der Waals surface area contributed by atoms with E-state index in [1.807, 2.05) is 0 Å². The van der Waals surface area contributed by atoms with E-state index >= 15 is 0 Å². The van der Waals surface area contributed by atoms with Crippen molar-refractivity contribution in [3.05, 3.63) is 18.2 Å². The summed E-state index contributed by atoms with van der Waals surface area (Å²) in [5.41, 5.74) is 0.600. The first-order chi connectivity index (χ1) is 10.5. The fourth-order valence-corrected chi connectivity index (χ4v) is 2.45. The number of likely N-dealkylation sites (tertiary alicyclic amines) is 1. The Morgan fingerprint density at radius 2 is 1.82 bits per heavy atom. The van der Waals surface area contributed by atoms with E-state index in [0.717, 1.165) is 0 Å². The second-order valence-electron chi connectivity index (χ2n) is 5.10. The molecule has 0 aromatic heterocycles. The maximum Gasteiger partial charge on any atom is 0.321 e. The molecule has 0 radical (unpaired) electrons. The average molecular weight is 308 g/mol. The lowest BCUT2D eigenvalue weighted by Crippen LogP contribution is -2.42. The van der Waals surface area contributed by atoms with Gasteiger partial charge in [0.1, 0.15) is 0 Å². The number of aliphatic carboxylic acids is 1. The Bertz CT molecular complexity index is 553. The third-order valence-electron chi connectivity index (χ3n) is 3.77. The number of hydrogen-bond acceptors (Lipinski definition) is 4. The van der Waals surface area contributed by atoms with E-state index in [9.17, 15) is 9.59 Å². The third-order valence-corrected chi connectivity index (χ3v) is 3.77. The van der Waals surface area contributed by atoms with Crippen LogP contribution in [-0.2, 0) is 4.79 Å². The van der Waals surface area contributed by atoms with Gasteiger partial charge in [0.15, 0.2) is 11.5 Å². The number of piperidine rings is 1. The summed E-state index contributed by atoms with van der Waals surface area (Å²) < 4.78 is 10.3. The number of amides is 2. The molecule has 2 N–H and O–H groups in total. The Labute approximate surface area is 128 Å². The fraction of sp³-hybridized carbons (Fsp3) is 0.467. The van der Waals surface area contributed by atoms with Gasteiger partial charge >= 0.3 is 12.0 Å². The highest BCUT2D eigenvalue weighted by Crippen LogP contribution is 2.30. The lowest BCUT2D eigenvalue weighted by molar-refractivity contribution is -0.143. The van der Waals surface area contributed by atoms with E-state index in [1.54, 1.807) is 30.2 Å². The van der Waals surface area contributed by atoms with Gasteiger partial charge in [-0.2, -0.15) is 0 Å². The molecule has 0 aliphatic carbocycles. The molecule has 1 saturated heterocycles. The summed E-state index contributed by atoms with van der Waals surface area (Å²) in [5.74, 6) is -0.0299. The first-order valence-corrected chi connectivity index (χ1v) is 7.06. The van der Waals surface area contributed by atoms with Gasteiger partial charge in [-0.15, -0.1) is 0 Å². The Kier molecular flexibility index (Phi) is 5.08. The molecule has 2 rings (SSSR count). The number of carbonyl (C=O) groups is 2. The highest BCUT2D eigenvalue weighted by atomic mass is 16.5. The maximum atomic E-state index is 12.2. The van der Waals surface area contributed by atoms with E-state index in [2.05, 4.69) is 5.32 Å². The molecule has 1 aromatic rings. The molecule has 2 amide bonds. The number of rotatable bonds is 4. The van der Waals surface area contributed by atoms with Crippen LogP contribution < -0.4 is 14.8 Å². The van der Waals surface area contributed by atoms with Crippen molar-refractivity contribution in [3.8, 4) is 11.5 Å². The SMILES string of the molecule is COc1ccc(NC(=O)N2CCC(C(=O)O)CC2)cc1OC. The lowest BCUT2D eigenvalue weighted by atomic mass is 9.97. The van der Waals surface area contributed by atoms with Crippen LogP contribution in [0.4, 0.5) is 10.5 Å². The first kappa shape index (κ1) is 15.9. The minimum absolute atomic E-state index is 0.240. The molecule has 0 saturated carbocycles. The predicted octanol–water partition coefficient (Wildman–Crippen LogP) is 2.03. The number of ether oxygens (including phenoxy) is 2. The molecule has 1 aliphatic heterocycles. The van der Waals surface area contributed by atoms with Gasteiger partial charge < -0.3 is 24.8 Å². The van der Waals surface area contributed by atoms with Crippen molar-refractivity contribution in [3.63, 3.8) is 0 Å². The molecule has 0 unspecified atom stereocenters. The van der Waals surface area contributed by atoms with Gasteiger partial charge in [-0.3, -0.25) is 4.79 Å². The van der Waals surface area contributed by atoms with E-state index in [0.29, 0.717) is 43.1 Å². The predicted molar refractivity (Wildman–Crippen MR) is 80.5 cm³/mol. The normalized spacial score (nSPS) is 15.3. The van der Waals surface area contributed by atoms with Crippen LogP contribution >= 0.6 is 0 Å². The fourth-order valence-electron chi connectivity index (χ4n) is 2.45. The number of urea groups is 1. The zero-order chi connectivity index (χ0) is 16.1. The zero-order valence-corrected chi connectivity index (χ0v) is 12.7. The van der Waals surface area contributed by atoms with Crippen molar-refractivity contribution in [1.29, 1.82) is 0 Å². The molecule has 120 valence electrons. The largest absolute Gasteiger partial charge is 0.493 e. The van der Waals surface area contributed by atoms with Crippen LogP contribution in [0, 0.1) is 5.92 Å². The van der Waals surface area contributed by atoms with Crippen molar-refractivity contribution < 1.29 is 24.2 Å². The van der Waals surface area contributed by atoms with Crippen molar-refractivity contribution >= 4 is 17.7 Å². The number of nitrogens with one attached hydrogen (secondary N) is 1. The van der Waals surface area contributed by atoms with Crippen LogP contribution in [-0.4, -0.2) is 49.3 Å². The highest BCUT2D eigenvalue weighted by molar-refractivity contribution is 5.90. The van der Waals surface area contributed by atoms with Crippen LogP contribution in [0.5, 0.6) is 11.5 Å². The number of benzene rings is 1. The van der Waals surface area contributed by atoms with Crippen LogP contribution in [0.1, 0.15) is 12.8 Å². The Hall–Kier alpha value is -2.44. The second-order valence-corrected chi connectivity index (χ2v) is 5.10. The molecule has 0 spiro atoms. The molecule has 22 heavy (non-hydrogen) atoms. The zero-order valence-electron chi connectivity index (χ0n) is 12.7. The van der Waals surface area contributed by atoms with Crippen LogP contribution in [0.3, 0.4) is 0 Å². The van der Waals surface area contributed by atoms with Gasteiger partial charge in [-0.05, 0) is 25.0 Å². The average Bonchev–Trinajstić information content (AvgIpc) is 2.54. The minimum Gasteiger partial charge on any atom is -0.493 e. The van der Waals surface area contributed by atoms with Crippen molar-refractivity contribution in [2.24, 2.45) is 5.92 Å². The summed E-state index contributed by atoms with van der Waals surface area (Å²) >= 11 is 0. The van der Waals surface area contributed by atoms with E-state index in [1.165, 1.54) is 7.11 Å². The van der Waals surface area contributed by atoms with E-state index < -0.39 is 5.97 Å². The Balaban J connectivity index is 1.96. The second kappa shape index (κ2) is 7.02. The summed E-state index contributed by atoms with van der Waals surface area (Å²) in [4.78, 5) is 24.7. The number of hydrogen-bond donors (Lipinski definition) is 2. The standard InChI is InChI=1S/C15H20N2O5/c1-21-12-4-3-11(9-13(12)22-2)16-15(20)17-7-5-10(6-8-17)14(18)19/h3-4,9-10H,5-8H2,1-2H3,(H,16,20)(H,18,19). The quantitative estimate of drug-likeness (QED) is 0.888. The topological polar surface area (TPSA) is 88.1 Å². The van der Waals surface area contributed by atoms with Gasteiger partial charge in [-0.1, -0.05) is 0 Å². The van der Waals surface area contributed by atoms with Crippen LogP contribution in [0.15, 0.2) is 18.2 Å². The number of anilines is 1. The summed E-state index contributed by atoms with van der Waals surface area (Å²) in [6.07, 6.45) is 0.962. The van der Waals surface area contributed by atoms with Gasteiger partial charge in [-0.25, -0.2) is 4.79 Å². The number of methoxy groups -OCH3 is 2. The van der Waals surface area contributed by atoms with Gasteiger partial charge in [0.25, 0.3) is 0 Å². The van der Waals surface area contributed by atoms with Gasteiger partial charge in [0.05, 0.1) is 20.1 Å². The van der Waals surface area contributed by atoms with Gasteiger partial charge in [0, 0.05) is 24.8 Å². The molecular weight excluding hydrogens is 288 g/mol. The maximum absolute atomic E-state index is 12.2. The minimum atomic E-state index is -0.792. The first-order valence-electron chi connectivity index (χ1n) is 7.06. The molecule has 1 heterocycles. The molecule has 1 aliphatic rings.